The van der Waals surface area contributed by atoms with Crippen LogP contribution in [0, 0.1) is 11.7 Å². The third kappa shape index (κ3) is 3.94. The van der Waals surface area contributed by atoms with E-state index in [1.807, 2.05) is 0 Å². The molecule has 2 heterocycles. The highest BCUT2D eigenvalue weighted by atomic mass is 19.1. The van der Waals surface area contributed by atoms with E-state index in [1.54, 1.807) is 24.3 Å². The second kappa shape index (κ2) is 7.14. The second-order valence-corrected chi connectivity index (χ2v) is 6.52. The molecule has 2 aliphatic rings. The third-order valence-electron chi connectivity index (χ3n) is 4.43. The van der Waals surface area contributed by atoms with E-state index in [1.165, 1.54) is 12.1 Å². The highest BCUT2D eigenvalue weighted by Gasteiger charge is 2.21. The van der Waals surface area contributed by atoms with Gasteiger partial charge >= 0.3 is 6.03 Å². The molecule has 2 aromatic rings. The Kier molecular flexibility index (Phi) is 4.53. The Morgan fingerprint density at radius 2 is 2.04 bits per heavy atom. The van der Waals surface area contributed by atoms with Crippen LogP contribution in [0.2, 0.25) is 0 Å². The molecule has 8 heteroatoms. The number of urea groups is 1. The molecule has 0 spiro atoms. The van der Waals surface area contributed by atoms with E-state index in [9.17, 15) is 14.0 Å². The van der Waals surface area contributed by atoms with Crippen molar-refractivity contribution in [2.24, 2.45) is 5.92 Å². The normalized spacial score (nSPS) is 17.5. The van der Waals surface area contributed by atoms with Crippen molar-refractivity contribution in [3.8, 4) is 11.5 Å². The number of carbonyl (C=O) groups excluding carboxylic acids is 2. The molecular weight excluding hydrogens is 353 g/mol. The number of nitrogens with one attached hydrogen (secondary N) is 3. The number of rotatable bonds is 3. The van der Waals surface area contributed by atoms with Gasteiger partial charge < -0.3 is 25.4 Å². The topological polar surface area (TPSA) is 88.7 Å². The molecule has 7 nitrogen and oxygen atoms in total. The van der Waals surface area contributed by atoms with E-state index in [-0.39, 0.29) is 30.3 Å². The molecule has 0 aromatic heterocycles. The van der Waals surface area contributed by atoms with Crippen LogP contribution in [0.15, 0.2) is 36.4 Å². The average molecular weight is 371 g/mol. The first-order valence-electron chi connectivity index (χ1n) is 8.59. The molecule has 2 aromatic carbocycles. The van der Waals surface area contributed by atoms with E-state index in [0.29, 0.717) is 42.4 Å². The van der Waals surface area contributed by atoms with Crippen molar-refractivity contribution in [3.05, 3.63) is 47.8 Å². The quantitative estimate of drug-likeness (QED) is 0.774. The summed E-state index contributed by atoms with van der Waals surface area (Å²) in [5.41, 5.74) is 1.85. The Bertz CT molecular complexity index is 903. The second-order valence-electron chi connectivity index (χ2n) is 6.52. The molecule has 3 N–H and O–H groups in total. The molecule has 0 bridgehead atoms. The molecule has 0 saturated heterocycles. The third-order valence-corrected chi connectivity index (χ3v) is 4.43. The van der Waals surface area contributed by atoms with Gasteiger partial charge in [-0.05, 0) is 48.4 Å². The molecule has 1 unspecified atom stereocenters. The van der Waals surface area contributed by atoms with E-state index in [4.69, 9.17) is 9.47 Å². The van der Waals surface area contributed by atoms with Gasteiger partial charge in [0.25, 0.3) is 5.91 Å². The Morgan fingerprint density at radius 3 is 2.93 bits per heavy atom. The number of halogens is 1. The van der Waals surface area contributed by atoms with Crippen molar-refractivity contribution in [1.82, 2.24) is 5.32 Å². The van der Waals surface area contributed by atoms with Crippen molar-refractivity contribution >= 4 is 23.3 Å². The van der Waals surface area contributed by atoms with Crippen LogP contribution in [0.1, 0.15) is 5.56 Å². The fourth-order valence-electron chi connectivity index (χ4n) is 3.13. The summed E-state index contributed by atoms with van der Waals surface area (Å²) in [6.45, 7) is 0.838. The maximum absolute atomic E-state index is 13.4. The monoisotopic (exact) mass is 371 g/mol. The molecular formula is C19H18FN3O4. The molecule has 0 fully saturated rings. The maximum atomic E-state index is 13.4. The zero-order valence-electron chi connectivity index (χ0n) is 14.4. The maximum Gasteiger partial charge on any atom is 0.319 e. The predicted octanol–water partition coefficient (Wildman–Crippen LogP) is 2.53. The molecule has 0 aliphatic carbocycles. The van der Waals surface area contributed by atoms with E-state index in [2.05, 4.69) is 16.0 Å². The molecule has 0 radical (unpaired) electrons. The molecule has 0 saturated carbocycles. The van der Waals surface area contributed by atoms with Gasteiger partial charge in [-0.3, -0.25) is 4.79 Å². The lowest BCUT2D eigenvalue weighted by molar-refractivity contribution is -0.118. The van der Waals surface area contributed by atoms with Crippen LogP contribution in [-0.2, 0) is 11.2 Å². The Hall–Kier alpha value is -3.29. The van der Waals surface area contributed by atoms with Gasteiger partial charge in [-0.1, -0.05) is 0 Å². The molecule has 2 aliphatic heterocycles. The van der Waals surface area contributed by atoms with Crippen molar-refractivity contribution < 1.29 is 23.5 Å². The lowest BCUT2D eigenvalue weighted by atomic mass is 9.96. The number of fused-ring (bicyclic) bond motifs is 2. The van der Waals surface area contributed by atoms with Crippen molar-refractivity contribution in [1.29, 1.82) is 0 Å². The van der Waals surface area contributed by atoms with Crippen LogP contribution in [0.4, 0.5) is 20.6 Å². The fourth-order valence-corrected chi connectivity index (χ4v) is 3.13. The Balaban J connectivity index is 1.31. The zero-order valence-corrected chi connectivity index (χ0v) is 14.4. The van der Waals surface area contributed by atoms with Crippen molar-refractivity contribution in [2.75, 3.05) is 30.4 Å². The summed E-state index contributed by atoms with van der Waals surface area (Å²) in [6.07, 6.45) is 0.635. The zero-order chi connectivity index (χ0) is 18.8. The largest absolute Gasteiger partial charge is 0.493 e. The van der Waals surface area contributed by atoms with Gasteiger partial charge in [-0.15, -0.1) is 0 Å². The molecule has 1 atom stereocenters. The van der Waals surface area contributed by atoms with Gasteiger partial charge in [0.15, 0.2) is 6.61 Å². The number of amides is 3. The summed E-state index contributed by atoms with van der Waals surface area (Å²) in [7, 11) is 0. The van der Waals surface area contributed by atoms with Gasteiger partial charge in [0.1, 0.15) is 17.3 Å². The number of carbonyl (C=O) groups is 2. The summed E-state index contributed by atoms with van der Waals surface area (Å²) in [5.74, 6) is 0.771. The number of benzene rings is 2. The molecule has 4 rings (SSSR count). The summed E-state index contributed by atoms with van der Waals surface area (Å²) in [6, 6.07) is 9.10. The van der Waals surface area contributed by atoms with Gasteiger partial charge in [-0.2, -0.15) is 0 Å². The van der Waals surface area contributed by atoms with Crippen LogP contribution in [0.25, 0.3) is 0 Å². The standard InChI is InChI=1S/C19H18FN3O4/c20-13-1-3-16-12(6-13)5-11(9-26-16)8-21-19(25)22-14-2-4-17-15(7-14)23-18(24)10-27-17/h1-4,6-7,11H,5,8-10H2,(H,23,24)(H2,21,22,25). The minimum atomic E-state index is -0.372. The lowest BCUT2D eigenvalue weighted by Gasteiger charge is -2.25. The van der Waals surface area contributed by atoms with Gasteiger partial charge in [0.2, 0.25) is 0 Å². The van der Waals surface area contributed by atoms with Gasteiger partial charge in [-0.25, -0.2) is 9.18 Å². The Morgan fingerprint density at radius 1 is 1.19 bits per heavy atom. The van der Waals surface area contributed by atoms with Crippen LogP contribution in [0.5, 0.6) is 11.5 Å². The fraction of sp³-hybridized carbons (Fsp3) is 0.263. The number of hydrogen-bond donors (Lipinski definition) is 3. The van der Waals surface area contributed by atoms with Crippen molar-refractivity contribution in [2.45, 2.75) is 6.42 Å². The Labute approximate surface area is 154 Å². The SMILES string of the molecule is O=C1COc2ccc(NC(=O)NCC3COc4ccc(F)cc4C3)cc2N1. The van der Waals surface area contributed by atoms with E-state index < -0.39 is 0 Å². The summed E-state index contributed by atoms with van der Waals surface area (Å²) < 4.78 is 24.3. The minimum absolute atomic E-state index is 0.0171. The van der Waals surface area contributed by atoms with Crippen LogP contribution in [-0.4, -0.2) is 31.7 Å². The number of anilines is 2. The summed E-state index contributed by atoms with van der Waals surface area (Å²) in [4.78, 5) is 23.5. The van der Waals surface area contributed by atoms with Crippen molar-refractivity contribution in [3.63, 3.8) is 0 Å². The van der Waals surface area contributed by atoms with Crippen LogP contribution < -0.4 is 25.4 Å². The average Bonchev–Trinajstić information content (AvgIpc) is 2.65. The highest BCUT2D eigenvalue weighted by molar-refractivity contribution is 5.97. The highest BCUT2D eigenvalue weighted by Crippen LogP contribution is 2.30. The smallest absolute Gasteiger partial charge is 0.319 e. The summed E-state index contributed by atoms with van der Waals surface area (Å²) in [5, 5.41) is 8.20. The van der Waals surface area contributed by atoms with Gasteiger partial charge in [0, 0.05) is 18.2 Å². The van der Waals surface area contributed by atoms with E-state index in [0.717, 1.165) is 5.56 Å². The molecule has 3 amide bonds. The number of hydrogen-bond acceptors (Lipinski definition) is 4. The first-order chi connectivity index (χ1) is 13.1. The first-order valence-corrected chi connectivity index (χ1v) is 8.59. The van der Waals surface area contributed by atoms with Gasteiger partial charge in [0.05, 0.1) is 12.3 Å². The number of ether oxygens (including phenoxy) is 2. The molecule has 140 valence electrons. The predicted molar refractivity (Wildman–Crippen MR) is 96.7 cm³/mol. The van der Waals surface area contributed by atoms with Crippen LogP contribution >= 0.6 is 0 Å². The van der Waals surface area contributed by atoms with Crippen LogP contribution in [0.3, 0.4) is 0 Å². The minimum Gasteiger partial charge on any atom is -0.493 e. The molecule has 27 heavy (non-hydrogen) atoms. The lowest BCUT2D eigenvalue weighted by Crippen LogP contribution is -2.37. The summed E-state index contributed by atoms with van der Waals surface area (Å²) >= 11 is 0. The first kappa shape index (κ1) is 17.1. The van der Waals surface area contributed by atoms with E-state index >= 15 is 0 Å².